The van der Waals surface area contributed by atoms with Crippen LogP contribution in [0.25, 0.3) is 0 Å². The highest BCUT2D eigenvalue weighted by Crippen LogP contribution is 2.18. The molecule has 0 aromatic heterocycles. The van der Waals surface area contributed by atoms with E-state index in [9.17, 15) is 9.18 Å². The van der Waals surface area contributed by atoms with Crippen molar-refractivity contribution in [1.29, 1.82) is 0 Å². The summed E-state index contributed by atoms with van der Waals surface area (Å²) in [6.45, 7) is 0.651. The van der Waals surface area contributed by atoms with Crippen molar-refractivity contribution in [2.45, 2.75) is 6.42 Å². The maximum atomic E-state index is 12.9. The first kappa shape index (κ1) is 18.5. The van der Waals surface area contributed by atoms with Crippen LogP contribution in [0.3, 0.4) is 0 Å². The van der Waals surface area contributed by atoms with E-state index in [0.717, 1.165) is 6.42 Å². The molecule has 4 nitrogen and oxygen atoms in total. The number of nitrogens with one attached hydrogen (secondary N) is 2. The van der Waals surface area contributed by atoms with Gasteiger partial charge >= 0.3 is 0 Å². The summed E-state index contributed by atoms with van der Waals surface area (Å²) >= 11 is 0. The summed E-state index contributed by atoms with van der Waals surface area (Å²) in [5, 5.41) is 5.77. The van der Waals surface area contributed by atoms with Gasteiger partial charge in [-0.15, -0.1) is 0 Å². The molecule has 2 N–H and O–H groups in total. The zero-order valence-electron chi connectivity index (χ0n) is 14.8. The Morgan fingerprint density at radius 2 is 1.67 bits per heavy atom. The van der Waals surface area contributed by atoms with E-state index in [1.807, 2.05) is 30.3 Å². The summed E-state index contributed by atoms with van der Waals surface area (Å²) < 4.78 is 18.6. The standard InChI is InChI=1S/C22H21FN2O2/c23-18-9-11-19(12-10-18)24-16-22(26)25-20-7-4-8-21(15-20)27-14-13-17-5-2-1-3-6-17/h1-12,15,24H,13-14,16H2,(H,25,26). The van der Waals surface area contributed by atoms with Crippen molar-refractivity contribution in [1.82, 2.24) is 0 Å². The molecule has 27 heavy (non-hydrogen) atoms. The van der Waals surface area contributed by atoms with Gasteiger partial charge < -0.3 is 15.4 Å². The number of rotatable bonds is 8. The fourth-order valence-corrected chi connectivity index (χ4v) is 2.55. The Kier molecular flexibility index (Phi) is 6.41. The molecule has 3 rings (SSSR count). The Bertz CT molecular complexity index is 867. The average molecular weight is 364 g/mol. The van der Waals surface area contributed by atoms with Crippen molar-refractivity contribution < 1.29 is 13.9 Å². The highest BCUT2D eigenvalue weighted by Gasteiger charge is 2.04. The van der Waals surface area contributed by atoms with Crippen molar-refractivity contribution in [2.24, 2.45) is 0 Å². The number of anilines is 2. The number of carbonyl (C=O) groups excluding carboxylic acids is 1. The largest absolute Gasteiger partial charge is 0.493 e. The second-order valence-electron chi connectivity index (χ2n) is 6.02. The zero-order valence-corrected chi connectivity index (χ0v) is 14.8. The van der Waals surface area contributed by atoms with Gasteiger partial charge in [0.1, 0.15) is 11.6 Å². The van der Waals surface area contributed by atoms with E-state index < -0.39 is 0 Å². The Hall–Kier alpha value is -3.34. The van der Waals surface area contributed by atoms with Crippen LogP contribution in [0.5, 0.6) is 5.75 Å². The first-order valence-electron chi connectivity index (χ1n) is 8.75. The molecule has 1 amide bonds. The van der Waals surface area contributed by atoms with Gasteiger partial charge in [0, 0.05) is 23.9 Å². The van der Waals surface area contributed by atoms with Crippen molar-refractivity contribution in [3.8, 4) is 5.75 Å². The SMILES string of the molecule is O=C(CNc1ccc(F)cc1)Nc1cccc(OCCc2ccccc2)c1. The van der Waals surface area contributed by atoms with Gasteiger partial charge in [-0.2, -0.15) is 0 Å². The summed E-state index contributed by atoms with van der Waals surface area (Å²) in [5.74, 6) is 0.199. The lowest BCUT2D eigenvalue weighted by Gasteiger charge is -2.10. The number of hydrogen-bond acceptors (Lipinski definition) is 3. The van der Waals surface area contributed by atoms with Crippen LogP contribution in [0.4, 0.5) is 15.8 Å². The Morgan fingerprint density at radius 1 is 0.889 bits per heavy atom. The van der Waals surface area contributed by atoms with E-state index in [-0.39, 0.29) is 18.3 Å². The van der Waals surface area contributed by atoms with Crippen molar-refractivity contribution >= 4 is 17.3 Å². The van der Waals surface area contributed by atoms with Crippen LogP contribution >= 0.6 is 0 Å². The van der Waals surface area contributed by atoms with Crippen LogP contribution in [0.2, 0.25) is 0 Å². The summed E-state index contributed by atoms with van der Waals surface area (Å²) in [6, 6.07) is 23.3. The van der Waals surface area contributed by atoms with Gasteiger partial charge in [-0.1, -0.05) is 36.4 Å². The molecule has 0 aliphatic carbocycles. The lowest BCUT2D eigenvalue weighted by Crippen LogP contribution is -2.21. The summed E-state index contributed by atoms with van der Waals surface area (Å²) in [5.41, 5.74) is 2.57. The van der Waals surface area contributed by atoms with Crippen LogP contribution < -0.4 is 15.4 Å². The van der Waals surface area contributed by atoms with Gasteiger partial charge in [-0.3, -0.25) is 4.79 Å². The van der Waals surface area contributed by atoms with Crippen LogP contribution in [0, 0.1) is 5.82 Å². The van der Waals surface area contributed by atoms with E-state index in [1.54, 1.807) is 24.3 Å². The topological polar surface area (TPSA) is 50.4 Å². The lowest BCUT2D eigenvalue weighted by atomic mass is 10.2. The quantitative estimate of drug-likeness (QED) is 0.619. The van der Waals surface area contributed by atoms with E-state index >= 15 is 0 Å². The number of halogens is 1. The van der Waals surface area contributed by atoms with E-state index in [2.05, 4.69) is 22.8 Å². The predicted octanol–water partition coefficient (Wildman–Crippen LogP) is 4.50. The Labute approximate surface area is 158 Å². The van der Waals surface area contributed by atoms with Gasteiger partial charge in [0.2, 0.25) is 5.91 Å². The van der Waals surface area contributed by atoms with Crippen LogP contribution in [-0.4, -0.2) is 19.1 Å². The van der Waals surface area contributed by atoms with Gasteiger partial charge in [-0.25, -0.2) is 4.39 Å². The number of ether oxygens (including phenoxy) is 1. The molecule has 0 aliphatic rings. The second kappa shape index (κ2) is 9.38. The minimum Gasteiger partial charge on any atom is -0.493 e. The molecular weight excluding hydrogens is 343 g/mol. The molecule has 0 spiro atoms. The normalized spacial score (nSPS) is 10.3. The van der Waals surface area contributed by atoms with Gasteiger partial charge in [0.05, 0.1) is 13.2 Å². The molecule has 0 saturated carbocycles. The summed E-state index contributed by atoms with van der Waals surface area (Å²) in [6.07, 6.45) is 0.818. The third-order valence-corrected chi connectivity index (χ3v) is 3.92. The minimum atomic E-state index is -0.311. The van der Waals surface area contributed by atoms with Gasteiger partial charge in [0.25, 0.3) is 0 Å². The maximum absolute atomic E-state index is 12.9. The number of benzene rings is 3. The molecule has 0 unspecified atom stereocenters. The monoisotopic (exact) mass is 364 g/mol. The van der Waals surface area contributed by atoms with Crippen molar-refractivity contribution in [3.63, 3.8) is 0 Å². The first-order valence-corrected chi connectivity index (χ1v) is 8.75. The average Bonchev–Trinajstić information content (AvgIpc) is 2.69. The van der Waals surface area contributed by atoms with E-state index in [0.29, 0.717) is 23.7 Å². The predicted molar refractivity (Wildman–Crippen MR) is 106 cm³/mol. The van der Waals surface area contributed by atoms with Gasteiger partial charge in [0.15, 0.2) is 0 Å². The lowest BCUT2D eigenvalue weighted by molar-refractivity contribution is -0.114. The molecule has 0 radical (unpaired) electrons. The molecule has 0 bridgehead atoms. The number of carbonyl (C=O) groups is 1. The molecule has 138 valence electrons. The number of amides is 1. The molecule has 3 aromatic rings. The third-order valence-electron chi connectivity index (χ3n) is 3.92. The fourth-order valence-electron chi connectivity index (χ4n) is 2.55. The van der Waals surface area contributed by atoms with Gasteiger partial charge in [-0.05, 0) is 42.0 Å². The van der Waals surface area contributed by atoms with E-state index in [1.165, 1.54) is 17.7 Å². The van der Waals surface area contributed by atoms with Crippen molar-refractivity contribution in [3.05, 3.63) is 90.2 Å². The van der Waals surface area contributed by atoms with E-state index in [4.69, 9.17) is 4.74 Å². The van der Waals surface area contributed by atoms with Crippen LogP contribution in [0.15, 0.2) is 78.9 Å². The maximum Gasteiger partial charge on any atom is 0.243 e. The summed E-state index contributed by atoms with van der Waals surface area (Å²) in [4.78, 5) is 12.1. The first-order chi connectivity index (χ1) is 13.2. The fraction of sp³-hybridized carbons (Fsp3) is 0.136. The molecular formula is C22H21FN2O2. The van der Waals surface area contributed by atoms with Crippen LogP contribution in [0.1, 0.15) is 5.56 Å². The smallest absolute Gasteiger partial charge is 0.243 e. The molecule has 5 heteroatoms. The minimum absolute atomic E-state index is 0.0880. The zero-order chi connectivity index (χ0) is 18.9. The molecule has 3 aromatic carbocycles. The molecule has 0 aliphatic heterocycles. The Morgan fingerprint density at radius 3 is 2.44 bits per heavy atom. The Balaban J connectivity index is 1.46. The molecule has 0 heterocycles. The number of hydrogen-bond donors (Lipinski definition) is 2. The summed E-state index contributed by atoms with van der Waals surface area (Å²) in [7, 11) is 0. The van der Waals surface area contributed by atoms with Crippen LogP contribution in [-0.2, 0) is 11.2 Å². The highest BCUT2D eigenvalue weighted by atomic mass is 19.1. The molecule has 0 saturated heterocycles. The highest BCUT2D eigenvalue weighted by molar-refractivity contribution is 5.93. The molecule has 0 atom stereocenters. The second-order valence-corrected chi connectivity index (χ2v) is 6.02. The molecule has 0 fully saturated rings. The van der Waals surface area contributed by atoms with Crippen molar-refractivity contribution in [2.75, 3.05) is 23.8 Å². The third kappa shape index (κ3) is 6.15.